The van der Waals surface area contributed by atoms with Crippen molar-refractivity contribution in [2.45, 2.75) is 19.3 Å². The van der Waals surface area contributed by atoms with Gasteiger partial charge in [-0.05, 0) is 25.3 Å². The Morgan fingerprint density at radius 3 is 2.95 bits per heavy atom. The van der Waals surface area contributed by atoms with Gasteiger partial charge in [-0.2, -0.15) is 0 Å². The number of carboxylic acids is 1. The van der Waals surface area contributed by atoms with Crippen LogP contribution in [-0.4, -0.2) is 16.1 Å². The van der Waals surface area contributed by atoms with Crippen LogP contribution in [0.5, 0.6) is 0 Å². The zero-order chi connectivity index (χ0) is 13.4. The molecule has 3 nitrogen and oxygen atoms in total. The van der Waals surface area contributed by atoms with E-state index in [-0.39, 0.29) is 5.92 Å². The molecule has 19 heavy (non-hydrogen) atoms. The molecule has 0 radical (unpaired) electrons. The molecule has 1 atom stereocenters. The van der Waals surface area contributed by atoms with Crippen molar-refractivity contribution in [1.29, 1.82) is 0 Å². The Bertz CT molecular complexity index is 638. The highest BCUT2D eigenvalue weighted by Gasteiger charge is 2.27. The number of hydrogen-bond donors (Lipinski definition) is 1. The van der Waals surface area contributed by atoms with E-state index >= 15 is 0 Å². The van der Waals surface area contributed by atoms with Crippen molar-refractivity contribution in [1.82, 2.24) is 4.98 Å². The molecule has 0 fully saturated rings. The van der Waals surface area contributed by atoms with Crippen LogP contribution in [-0.2, 0) is 17.6 Å². The van der Waals surface area contributed by atoms with Crippen LogP contribution in [0.2, 0.25) is 0 Å². The third kappa shape index (κ3) is 2.44. The zero-order valence-electron chi connectivity index (χ0n) is 10.1. The Morgan fingerprint density at radius 2 is 2.21 bits per heavy atom. The topological polar surface area (TPSA) is 50.2 Å². The van der Waals surface area contributed by atoms with Crippen LogP contribution >= 0.6 is 27.3 Å². The summed E-state index contributed by atoms with van der Waals surface area (Å²) >= 11 is 5.15. The van der Waals surface area contributed by atoms with E-state index in [2.05, 4.69) is 20.9 Å². The van der Waals surface area contributed by atoms with Gasteiger partial charge in [0.15, 0.2) is 0 Å². The molecule has 1 aromatic carbocycles. The molecule has 1 aromatic heterocycles. The Balaban J connectivity index is 1.96. The van der Waals surface area contributed by atoms with Crippen LogP contribution in [0.4, 0.5) is 0 Å². The number of hydrogen-bond acceptors (Lipinski definition) is 3. The molecule has 0 saturated carbocycles. The molecule has 1 unspecified atom stereocenters. The van der Waals surface area contributed by atoms with Gasteiger partial charge in [0.1, 0.15) is 5.01 Å². The molecule has 2 aromatic rings. The van der Waals surface area contributed by atoms with E-state index in [0.717, 1.165) is 32.0 Å². The Morgan fingerprint density at radius 1 is 1.42 bits per heavy atom. The molecule has 0 saturated heterocycles. The van der Waals surface area contributed by atoms with Crippen molar-refractivity contribution in [2.24, 2.45) is 5.92 Å². The van der Waals surface area contributed by atoms with E-state index in [9.17, 15) is 4.79 Å². The fourth-order valence-electron chi connectivity index (χ4n) is 2.34. The number of halogens is 1. The van der Waals surface area contributed by atoms with Crippen molar-refractivity contribution >= 4 is 33.2 Å². The van der Waals surface area contributed by atoms with Crippen molar-refractivity contribution in [2.75, 3.05) is 0 Å². The fourth-order valence-corrected chi connectivity index (χ4v) is 4.17. The van der Waals surface area contributed by atoms with E-state index in [4.69, 9.17) is 5.11 Å². The maximum Gasteiger partial charge on any atom is 0.306 e. The molecule has 5 heteroatoms. The highest BCUT2D eigenvalue weighted by atomic mass is 79.9. The summed E-state index contributed by atoms with van der Waals surface area (Å²) in [5.41, 5.74) is 2.15. The molecular weight excluding hydrogens is 326 g/mol. The minimum absolute atomic E-state index is 0.250. The van der Waals surface area contributed by atoms with Gasteiger partial charge in [0.2, 0.25) is 0 Å². The van der Waals surface area contributed by atoms with E-state index in [0.29, 0.717) is 12.8 Å². The van der Waals surface area contributed by atoms with E-state index in [1.165, 1.54) is 0 Å². The lowest BCUT2D eigenvalue weighted by molar-refractivity contribution is -0.142. The molecule has 0 spiro atoms. The monoisotopic (exact) mass is 337 g/mol. The molecule has 1 aliphatic rings. The Labute approximate surface area is 123 Å². The van der Waals surface area contributed by atoms with Gasteiger partial charge in [-0.25, -0.2) is 4.98 Å². The molecule has 0 aliphatic heterocycles. The van der Waals surface area contributed by atoms with Gasteiger partial charge in [0, 0.05) is 14.9 Å². The number of rotatable bonds is 2. The molecule has 98 valence electrons. The smallest absolute Gasteiger partial charge is 0.306 e. The number of benzene rings is 1. The third-order valence-electron chi connectivity index (χ3n) is 3.39. The zero-order valence-corrected chi connectivity index (χ0v) is 12.5. The second kappa shape index (κ2) is 5.06. The summed E-state index contributed by atoms with van der Waals surface area (Å²) in [5.74, 6) is -0.943. The number of aryl methyl sites for hydroxylation is 1. The number of fused-ring (bicyclic) bond motifs is 1. The highest BCUT2D eigenvalue weighted by molar-refractivity contribution is 9.10. The van der Waals surface area contributed by atoms with Crippen molar-refractivity contribution in [3.63, 3.8) is 0 Å². The number of aliphatic carboxylic acids is 1. The van der Waals surface area contributed by atoms with Gasteiger partial charge in [-0.15, -0.1) is 11.3 Å². The quantitative estimate of drug-likeness (QED) is 0.907. The number of aromatic nitrogens is 1. The number of carbonyl (C=O) groups is 1. The maximum atomic E-state index is 11.1. The summed E-state index contributed by atoms with van der Waals surface area (Å²) in [6.45, 7) is 0. The summed E-state index contributed by atoms with van der Waals surface area (Å²) in [7, 11) is 0. The minimum atomic E-state index is -0.693. The predicted molar refractivity (Wildman–Crippen MR) is 78.4 cm³/mol. The second-order valence-corrected chi connectivity index (χ2v) is 6.58. The standard InChI is InChI=1S/C14H12BrNO2S/c15-10-4-2-1-3-9(10)13-16-11-6-5-8(14(17)18)7-12(11)19-13/h1-4,8H,5-7H2,(H,17,18). The normalized spacial score (nSPS) is 18.1. The van der Waals surface area contributed by atoms with Crippen molar-refractivity contribution in [3.05, 3.63) is 39.3 Å². The molecule has 1 N–H and O–H groups in total. The van der Waals surface area contributed by atoms with Gasteiger partial charge in [-0.3, -0.25) is 4.79 Å². The fraction of sp³-hybridized carbons (Fsp3) is 0.286. The van der Waals surface area contributed by atoms with E-state index in [1.807, 2.05) is 24.3 Å². The largest absolute Gasteiger partial charge is 0.481 e. The van der Waals surface area contributed by atoms with Gasteiger partial charge < -0.3 is 5.11 Å². The van der Waals surface area contributed by atoms with Crippen LogP contribution in [0, 0.1) is 5.92 Å². The predicted octanol–water partition coefficient (Wildman–Crippen LogP) is 3.76. The minimum Gasteiger partial charge on any atom is -0.481 e. The lowest BCUT2D eigenvalue weighted by atomic mass is 9.91. The molecule has 3 rings (SSSR count). The molecule has 1 aliphatic carbocycles. The third-order valence-corrected chi connectivity index (χ3v) is 5.24. The van der Waals surface area contributed by atoms with Gasteiger partial charge in [-0.1, -0.05) is 34.1 Å². The summed E-state index contributed by atoms with van der Waals surface area (Å²) in [5, 5.41) is 10.1. The first-order valence-electron chi connectivity index (χ1n) is 6.11. The number of thiazole rings is 1. The van der Waals surface area contributed by atoms with Gasteiger partial charge >= 0.3 is 5.97 Å². The lowest BCUT2D eigenvalue weighted by Crippen LogP contribution is -2.21. The van der Waals surface area contributed by atoms with Crippen molar-refractivity contribution in [3.8, 4) is 10.6 Å². The Kier molecular flexibility index (Phi) is 3.41. The molecule has 1 heterocycles. The van der Waals surface area contributed by atoms with Crippen LogP contribution in [0.1, 0.15) is 17.0 Å². The number of nitrogens with zero attached hydrogens (tertiary/aromatic N) is 1. The van der Waals surface area contributed by atoms with E-state index < -0.39 is 5.97 Å². The van der Waals surface area contributed by atoms with Crippen LogP contribution < -0.4 is 0 Å². The number of carboxylic acid groups (broad SMARTS) is 1. The van der Waals surface area contributed by atoms with Crippen LogP contribution in [0.25, 0.3) is 10.6 Å². The summed E-state index contributed by atoms with van der Waals surface area (Å²) in [6, 6.07) is 7.99. The average molecular weight is 338 g/mol. The van der Waals surface area contributed by atoms with Crippen LogP contribution in [0.3, 0.4) is 0 Å². The first-order chi connectivity index (χ1) is 9.15. The lowest BCUT2D eigenvalue weighted by Gasteiger charge is -2.16. The first-order valence-corrected chi connectivity index (χ1v) is 7.72. The molecule has 0 amide bonds. The van der Waals surface area contributed by atoms with E-state index in [1.54, 1.807) is 11.3 Å². The van der Waals surface area contributed by atoms with Crippen LogP contribution in [0.15, 0.2) is 28.7 Å². The maximum absolute atomic E-state index is 11.1. The van der Waals surface area contributed by atoms with Crippen molar-refractivity contribution < 1.29 is 9.90 Å². The molecule has 0 bridgehead atoms. The first kappa shape index (κ1) is 12.8. The summed E-state index contributed by atoms with van der Waals surface area (Å²) < 4.78 is 1.02. The SMILES string of the molecule is O=C(O)C1CCc2nc(-c3ccccc3Br)sc2C1. The van der Waals surface area contributed by atoms with Gasteiger partial charge in [0.25, 0.3) is 0 Å². The highest BCUT2D eigenvalue weighted by Crippen LogP contribution is 2.37. The summed E-state index contributed by atoms with van der Waals surface area (Å²) in [4.78, 5) is 16.9. The molecular formula is C14H12BrNO2S. The van der Waals surface area contributed by atoms with Gasteiger partial charge in [0.05, 0.1) is 11.6 Å². The average Bonchev–Trinajstić information content (AvgIpc) is 2.81. The second-order valence-electron chi connectivity index (χ2n) is 4.65. The Hall–Kier alpha value is -1.20. The summed E-state index contributed by atoms with van der Waals surface area (Å²) in [6.07, 6.45) is 2.08.